The van der Waals surface area contributed by atoms with Crippen LogP contribution in [0.5, 0.6) is 0 Å². The number of hydrogen-bond acceptors (Lipinski definition) is 2. The molecule has 1 aromatic heterocycles. The number of aryl methyl sites for hydroxylation is 2. The largest absolute Gasteiger partial charge is 0.452 e. The van der Waals surface area contributed by atoms with Gasteiger partial charge in [-0.25, -0.2) is 0 Å². The number of benzene rings is 1. The van der Waals surface area contributed by atoms with Crippen molar-refractivity contribution in [2.24, 2.45) is 0 Å². The number of rotatable bonds is 3. The first kappa shape index (κ1) is 11.5. The van der Waals surface area contributed by atoms with Gasteiger partial charge in [-0.05, 0) is 53.6 Å². The second-order valence-corrected chi connectivity index (χ2v) is 5.01. The molecule has 3 rings (SSSR count). The molecule has 1 heterocycles. The Hall–Kier alpha value is -1.54. The van der Waals surface area contributed by atoms with Crippen LogP contribution in [0.15, 0.2) is 34.9 Å². The standard InChI is InChI=1S/C15H13ClO2/c16-15-13(6-7-18-15)14(17)9-10-4-5-11-2-1-3-12(11)8-10/h4-8H,1-3,9H2. The highest BCUT2D eigenvalue weighted by Gasteiger charge is 2.15. The maximum atomic E-state index is 12.1. The molecule has 92 valence electrons. The highest BCUT2D eigenvalue weighted by molar-refractivity contribution is 6.32. The van der Waals surface area contributed by atoms with E-state index < -0.39 is 0 Å². The minimum Gasteiger partial charge on any atom is -0.452 e. The lowest BCUT2D eigenvalue weighted by molar-refractivity contribution is 0.0992. The zero-order valence-electron chi connectivity index (χ0n) is 9.91. The summed E-state index contributed by atoms with van der Waals surface area (Å²) in [4.78, 5) is 12.1. The normalized spacial score (nSPS) is 13.6. The summed E-state index contributed by atoms with van der Waals surface area (Å²) >= 11 is 5.81. The van der Waals surface area contributed by atoms with Gasteiger partial charge in [-0.15, -0.1) is 0 Å². The third-order valence-corrected chi connectivity index (χ3v) is 3.74. The molecule has 0 saturated heterocycles. The van der Waals surface area contributed by atoms with Gasteiger partial charge < -0.3 is 4.42 Å². The van der Waals surface area contributed by atoms with Crippen molar-refractivity contribution in [3.05, 3.63) is 58.0 Å². The first-order valence-corrected chi connectivity index (χ1v) is 6.49. The summed E-state index contributed by atoms with van der Waals surface area (Å²) in [6.45, 7) is 0. The van der Waals surface area contributed by atoms with Crippen molar-refractivity contribution in [3.8, 4) is 0 Å². The average Bonchev–Trinajstić information content (AvgIpc) is 2.96. The van der Waals surface area contributed by atoms with Gasteiger partial charge in [0.05, 0.1) is 11.8 Å². The molecule has 0 fully saturated rings. The Morgan fingerprint density at radius 2 is 2.06 bits per heavy atom. The molecule has 0 amide bonds. The maximum Gasteiger partial charge on any atom is 0.203 e. The Morgan fingerprint density at radius 3 is 2.83 bits per heavy atom. The fourth-order valence-electron chi connectivity index (χ4n) is 2.51. The smallest absolute Gasteiger partial charge is 0.203 e. The maximum absolute atomic E-state index is 12.1. The summed E-state index contributed by atoms with van der Waals surface area (Å²) in [6, 6.07) is 7.95. The third kappa shape index (κ3) is 2.08. The predicted octanol–water partition coefficient (Wildman–Crippen LogP) is 3.85. The number of fused-ring (bicyclic) bond motifs is 1. The van der Waals surface area contributed by atoms with Crippen LogP contribution in [-0.4, -0.2) is 5.78 Å². The molecule has 0 aliphatic heterocycles. The van der Waals surface area contributed by atoms with Crippen LogP contribution in [0.1, 0.15) is 33.5 Å². The first-order valence-electron chi connectivity index (χ1n) is 6.11. The van der Waals surface area contributed by atoms with E-state index in [0.717, 1.165) is 18.4 Å². The highest BCUT2D eigenvalue weighted by atomic mass is 35.5. The Morgan fingerprint density at radius 1 is 1.22 bits per heavy atom. The van der Waals surface area contributed by atoms with E-state index in [9.17, 15) is 4.79 Å². The molecule has 3 heteroatoms. The third-order valence-electron chi connectivity index (χ3n) is 3.45. The zero-order chi connectivity index (χ0) is 12.5. The molecule has 0 N–H and O–H groups in total. The van der Waals surface area contributed by atoms with Gasteiger partial charge in [-0.2, -0.15) is 0 Å². The van der Waals surface area contributed by atoms with Gasteiger partial charge in [-0.1, -0.05) is 18.2 Å². The number of Topliss-reactive ketones (excluding diaryl/α,β-unsaturated/α-hetero) is 1. The number of carbonyl (C=O) groups excluding carboxylic acids is 1. The Labute approximate surface area is 111 Å². The summed E-state index contributed by atoms with van der Waals surface area (Å²) in [5.41, 5.74) is 4.33. The van der Waals surface area contributed by atoms with Crippen LogP contribution in [0.25, 0.3) is 0 Å². The molecule has 1 aromatic carbocycles. The molecule has 0 atom stereocenters. The van der Waals surface area contributed by atoms with E-state index in [-0.39, 0.29) is 11.0 Å². The topological polar surface area (TPSA) is 30.2 Å². The van der Waals surface area contributed by atoms with Crippen LogP contribution < -0.4 is 0 Å². The van der Waals surface area contributed by atoms with Gasteiger partial charge in [0.2, 0.25) is 5.22 Å². The fraction of sp³-hybridized carbons (Fsp3) is 0.267. The quantitative estimate of drug-likeness (QED) is 0.785. The van der Waals surface area contributed by atoms with Crippen molar-refractivity contribution >= 4 is 17.4 Å². The number of halogens is 1. The molecule has 0 saturated carbocycles. The summed E-state index contributed by atoms with van der Waals surface area (Å²) < 4.78 is 4.94. The van der Waals surface area contributed by atoms with Crippen LogP contribution in [0.2, 0.25) is 5.22 Å². The van der Waals surface area contributed by atoms with E-state index in [1.54, 1.807) is 6.07 Å². The number of ketones is 1. The average molecular weight is 261 g/mol. The van der Waals surface area contributed by atoms with Crippen LogP contribution in [0, 0.1) is 0 Å². The van der Waals surface area contributed by atoms with Crippen LogP contribution in [0.3, 0.4) is 0 Å². The highest BCUT2D eigenvalue weighted by Crippen LogP contribution is 2.24. The van der Waals surface area contributed by atoms with E-state index >= 15 is 0 Å². The van der Waals surface area contributed by atoms with Crippen LogP contribution in [0.4, 0.5) is 0 Å². The second kappa shape index (κ2) is 4.62. The van der Waals surface area contributed by atoms with Crippen LogP contribution in [-0.2, 0) is 19.3 Å². The number of carbonyl (C=O) groups is 1. The van der Waals surface area contributed by atoms with Gasteiger partial charge >= 0.3 is 0 Å². The van der Waals surface area contributed by atoms with E-state index in [2.05, 4.69) is 12.1 Å². The molecule has 2 aromatic rings. The lowest BCUT2D eigenvalue weighted by Gasteiger charge is -2.04. The van der Waals surface area contributed by atoms with Gasteiger partial charge in [0.15, 0.2) is 5.78 Å². The molecule has 0 unspecified atom stereocenters. The van der Waals surface area contributed by atoms with Crippen molar-refractivity contribution in [1.29, 1.82) is 0 Å². The molecule has 1 aliphatic rings. The summed E-state index contributed by atoms with van der Waals surface area (Å²) in [5, 5.41) is 0.182. The van der Waals surface area contributed by atoms with Gasteiger partial charge in [0, 0.05) is 6.42 Å². The van der Waals surface area contributed by atoms with E-state index in [0.29, 0.717) is 12.0 Å². The summed E-state index contributed by atoms with van der Waals surface area (Å²) in [5.74, 6) is 0.00620. The van der Waals surface area contributed by atoms with E-state index in [1.807, 2.05) is 6.07 Å². The number of furan rings is 1. The minimum atomic E-state index is 0.00620. The Kier molecular flexibility index (Phi) is 2.96. The second-order valence-electron chi connectivity index (χ2n) is 4.66. The first-order chi connectivity index (χ1) is 8.74. The molecular formula is C15H13ClO2. The molecular weight excluding hydrogens is 248 g/mol. The molecule has 1 aliphatic carbocycles. The van der Waals surface area contributed by atoms with Crippen molar-refractivity contribution in [2.45, 2.75) is 25.7 Å². The molecule has 0 bridgehead atoms. The van der Waals surface area contributed by atoms with Crippen molar-refractivity contribution in [3.63, 3.8) is 0 Å². The van der Waals surface area contributed by atoms with Gasteiger partial charge in [0.25, 0.3) is 0 Å². The molecule has 2 nitrogen and oxygen atoms in total. The van der Waals surface area contributed by atoms with E-state index in [4.69, 9.17) is 16.0 Å². The monoisotopic (exact) mass is 260 g/mol. The molecule has 0 spiro atoms. The minimum absolute atomic E-state index is 0.00620. The van der Waals surface area contributed by atoms with Crippen molar-refractivity contribution in [1.82, 2.24) is 0 Å². The lowest BCUT2D eigenvalue weighted by Crippen LogP contribution is -2.03. The van der Waals surface area contributed by atoms with E-state index in [1.165, 1.54) is 23.8 Å². The molecule has 0 radical (unpaired) electrons. The summed E-state index contributed by atoms with van der Waals surface area (Å²) in [6.07, 6.45) is 5.34. The van der Waals surface area contributed by atoms with Gasteiger partial charge in [0.1, 0.15) is 0 Å². The van der Waals surface area contributed by atoms with Crippen LogP contribution >= 0.6 is 11.6 Å². The number of hydrogen-bond donors (Lipinski definition) is 0. The molecule has 18 heavy (non-hydrogen) atoms. The predicted molar refractivity (Wildman–Crippen MR) is 70.2 cm³/mol. The Bertz CT molecular complexity index is 598. The zero-order valence-corrected chi connectivity index (χ0v) is 10.7. The summed E-state index contributed by atoms with van der Waals surface area (Å²) in [7, 11) is 0. The van der Waals surface area contributed by atoms with Crippen molar-refractivity contribution < 1.29 is 9.21 Å². The SMILES string of the molecule is O=C(Cc1ccc2c(c1)CCC2)c1ccoc1Cl. The fourth-order valence-corrected chi connectivity index (χ4v) is 2.73. The Balaban J connectivity index is 1.81. The van der Waals surface area contributed by atoms with Crippen molar-refractivity contribution in [2.75, 3.05) is 0 Å². The van der Waals surface area contributed by atoms with Gasteiger partial charge in [-0.3, -0.25) is 4.79 Å². The lowest BCUT2D eigenvalue weighted by atomic mass is 10.0.